The van der Waals surface area contributed by atoms with Crippen LogP contribution in [-0.4, -0.2) is 35.0 Å². The third kappa shape index (κ3) is 3.77. The Hall–Kier alpha value is -3.14. The highest BCUT2D eigenvalue weighted by Gasteiger charge is 2.26. The first-order valence-corrected chi connectivity index (χ1v) is 9.69. The molecule has 1 N–H and O–H groups in total. The lowest BCUT2D eigenvalue weighted by molar-refractivity contribution is -0.136. The monoisotopic (exact) mass is 373 g/mol. The van der Waals surface area contributed by atoms with E-state index in [1.54, 1.807) is 0 Å². The minimum Gasteiger partial charge on any atom is -0.481 e. The Labute approximate surface area is 164 Å². The SMILES string of the molecule is O=C(O)Cc1ccccc1C1CCN(C(=O)c2ccc3ccccc3c2)CC1. The van der Waals surface area contributed by atoms with Crippen LogP contribution < -0.4 is 0 Å². The van der Waals surface area contributed by atoms with Gasteiger partial charge >= 0.3 is 5.97 Å². The van der Waals surface area contributed by atoms with E-state index in [4.69, 9.17) is 5.11 Å². The van der Waals surface area contributed by atoms with Gasteiger partial charge in [-0.3, -0.25) is 9.59 Å². The van der Waals surface area contributed by atoms with E-state index in [2.05, 4.69) is 0 Å². The summed E-state index contributed by atoms with van der Waals surface area (Å²) in [7, 11) is 0. The van der Waals surface area contributed by atoms with Gasteiger partial charge in [-0.05, 0) is 52.8 Å². The first-order valence-electron chi connectivity index (χ1n) is 9.69. The number of carboxylic acid groups (broad SMARTS) is 1. The summed E-state index contributed by atoms with van der Waals surface area (Å²) < 4.78 is 0. The van der Waals surface area contributed by atoms with Crippen molar-refractivity contribution in [2.75, 3.05) is 13.1 Å². The molecule has 0 aliphatic carbocycles. The average Bonchev–Trinajstić information content (AvgIpc) is 2.73. The largest absolute Gasteiger partial charge is 0.481 e. The fourth-order valence-corrected chi connectivity index (χ4v) is 4.15. The lowest BCUT2D eigenvalue weighted by Gasteiger charge is -2.33. The molecule has 1 aliphatic heterocycles. The van der Waals surface area contributed by atoms with Crippen molar-refractivity contribution in [2.24, 2.45) is 0 Å². The highest BCUT2D eigenvalue weighted by Crippen LogP contribution is 2.31. The third-order valence-corrected chi connectivity index (χ3v) is 5.62. The van der Waals surface area contributed by atoms with E-state index in [9.17, 15) is 9.59 Å². The zero-order chi connectivity index (χ0) is 19.5. The van der Waals surface area contributed by atoms with Crippen LogP contribution in [0.5, 0.6) is 0 Å². The number of likely N-dealkylation sites (tertiary alicyclic amines) is 1. The molecule has 28 heavy (non-hydrogen) atoms. The van der Waals surface area contributed by atoms with Gasteiger partial charge in [0.25, 0.3) is 5.91 Å². The number of piperidine rings is 1. The first-order chi connectivity index (χ1) is 13.6. The van der Waals surface area contributed by atoms with Crippen LogP contribution in [0.25, 0.3) is 10.8 Å². The van der Waals surface area contributed by atoms with E-state index in [1.165, 1.54) is 0 Å². The minimum atomic E-state index is -0.809. The normalized spacial score (nSPS) is 14.9. The van der Waals surface area contributed by atoms with E-state index in [-0.39, 0.29) is 12.3 Å². The van der Waals surface area contributed by atoms with Crippen LogP contribution >= 0.6 is 0 Å². The highest BCUT2D eigenvalue weighted by atomic mass is 16.4. The topological polar surface area (TPSA) is 57.6 Å². The maximum absolute atomic E-state index is 12.9. The Balaban J connectivity index is 1.46. The first kappa shape index (κ1) is 18.2. The summed E-state index contributed by atoms with van der Waals surface area (Å²) in [4.78, 5) is 26.0. The van der Waals surface area contributed by atoms with Gasteiger partial charge in [-0.15, -0.1) is 0 Å². The van der Waals surface area contributed by atoms with Gasteiger partial charge < -0.3 is 10.0 Å². The molecule has 0 saturated carbocycles. The van der Waals surface area contributed by atoms with Gasteiger partial charge in [-0.25, -0.2) is 0 Å². The number of carboxylic acids is 1. The number of fused-ring (bicyclic) bond motifs is 1. The number of amides is 1. The minimum absolute atomic E-state index is 0.0480. The molecule has 142 valence electrons. The maximum atomic E-state index is 12.9. The second kappa shape index (κ2) is 7.85. The Morgan fingerprint density at radius 3 is 2.32 bits per heavy atom. The number of benzene rings is 3. The highest BCUT2D eigenvalue weighted by molar-refractivity contribution is 5.98. The zero-order valence-corrected chi connectivity index (χ0v) is 15.7. The van der Waals surface area contributed by atoms with Crippen molar-refractivity contribution in [3.8, 4) is 0 Å². The van der Waals surface area contributed by atoms with Crippen LogP contribution in [0.15, 0.2) is 66.7 Å². The van der Waals surface area contributed by atoms with Crippen LogP contribution in [-0.2, 0) is 11.2 Å². The molecule has 4 rings (SSSR count). The molecule has 0 atom stereocenters. The van der Waals surface area contributed by atoms with Crippen LogP contribution in [0.1, 0.15) is 40.2 Å². The number of nitrogens with zero attached hydrogens (tertiary/aromatic N) is 1. The lowest BCUT2D eigenvalue weighted by atomic mass is 9.85. The van der Waals surface area contributed by atoms with Crippen LogP contribution in [0.3, 0.4) is 0 Å². The Kier molecular flexibility index (Phi) is 5.11. The van der Waals surface area contributed by atoms with Crippen molar-refractivity contribution < 1.29 is 14.7 Å². The van der Waals surface area contributed by atoms with Crippen LogP contribution in [0.4, 0.5) is 0 Å². The summed E-state index contributed by atoms with van der Waals surface area (Å²) >= 11 is 0. The number of carbonyl (C=O) groups is 2. The Morgan fingerprint density at radius 1 is 0.893 bits per heavy atom. The second-order valence-electron chi connectivity index (χ2n) is 7.40. The number of aliphatic carboxylic acids is 1. The molecule has 1 heterocycles. The van der Waals surface area contributed by atoms with Gasteiger partial charge in [0.05, 0.1) is 6.42 Å². The fraction of sp³-hybridized carbons (Fsp3) is 0.250. The average molecular weight is 373 g/mol. The molecule has 0 aromatic heterocycles. The predicted octanol–water partition coefficient (Wildman–Crippen LogP) is 4.49. The molecule has 1 fully saturated rings. The van der Waals surface area contributed by atoms with Gasteiger partial charge in [0.15, 0.2) is 0 Å². The predicted molar refractivity (Wildman–Crippen MR) is 110 cm³/mol. The molecule has 1 saturated heterocycles. The van der Waals surface area contributed by atoms with Gasteiger partial charge in [0, 0.05) is 18.7 Å². The standard InChI is InChI=1S/C24H23NO3/c26-23(27)16-20-7-3-4-8-22(20)18-11-13-25(14-12-18)24(28)21-10-9-17-5-1-2-6-19(17)15-21/h1-10,15,18H,11-14,16H2,(H,26,27). The molecular formula is C24H23NO3. The molecule has 3 aromatic carbocycles. The third-order valence-electron chi connectivity index (χ3n) is 5.62. The summed E-state index contributed by atoms with van der Waals surface area (Å²) in [5.41, 5.74) is 2.72. The molecule has 1 amide bonds. The van der Waals surface area contributed by atoms with Crippen molar-refractivity contribution >= 4 is 22.6 Å². The van der Waals surface area contributed by atoms with Gasteiger partial charge in [-0.2, -0.15) is 0 Å². The number of hydrogen-bond acceptors (Lipinski definition) is 2. The summed E-state index contributed by atoms with van der Waals surface area (Å²) in [6.07, 6.45) is 1.76. The number of carbonyl (C=O) groups excluding carboxylic acids is 1. The van der Waals surface area contributed by atoms with Crippen molar-refractivity contribution in [3.05, 3.63) is 83.4 Å². The van der Waals surface area contributed by atoms with E-state index in [0.717, 1.165) is 40.3 Å². The summed E-state index contributed by atoms with van der Waals surface area (Å²) in [5, 5.41) is 11.4. The molecule has 1 aliphatic rings. The van der Waals surface area contributed by atoms with Crippen molar-refractivity contribution in [1.29, 1.82) is 0 Å². The van der Waals surface area contributed by atoms with Gasteiger partial charge in [0.2, 0.25) is 0 Å². The lowest BCUT2D eigenvalue weighted by Crippen LogP contribution is -2.38. The summed E-state index contributed by atoms with van der Waals surface area (Å²) in [6, 6.07) is 21.7. The van der Waals surface area contributed by atoms with Gasteiger partial charge in [0.1, 0.15) is 0 Å². The second-order valence-corrected chi connectivity index (χ2v) is 7.40. The quantitative estimate of drug-likeness (QED) is 0.733. The van der Waals surface area contributed by atoms with E-state index >= 15 is 0 Å². The van der Waals surface area contributed by atoms with E-state index < -0.39 is 5.97 Å². The van der Waals surface area contributed by atoms with Gasteiger partial charge in [-0.1, -0.05) is 54.6 Å². The van der Waals surface area contributed by atoms with E-state index in [0.29, 0.717) is 19.0 Å². The summed E-state index contributed by atoms with van der Waals surface area (Å²) in [6.45, 7) is 1.38. The molecule has 0 bridgehead atoms. The van der Waals surface area contributed by atoms with Crippen LogP contribution in [0, 0.1) is 0 Å². The van der Waals surface area contributed by atoms with Crippen molar-refractivity contribution in [3.63, 3.8) is 0 Å². The molecular weight excluding hydrogens is 350 g/mol. The Morgan fingerprint density at radius 2 is 1.57 bits per heavy atom. The summed E-state index contributed by atoms with van der Waals surface area (Å²) in [5.74, 6) is -0.435. The maximum Gasteiger partial charge on any atom is 0.307 e. The molecule has 0 radical (unpaired) electrons. The van der Waals surface area contributed by atoms with Crippen LogP contribution in [0.2, 0.25) is 0 Å². The molecule has 3 aromatic rings. The Bertz CT molecular complexity index is 1020. The molecule has 0 spiro atoms. The fourth-order valence-electron chi connectivity index (χ4n) is 4.15. The van der Waals surface area contributed by atoms with Crippen molar-refractivity contribution in [1.82, 2.24) is 4.90 Å². The molecule has 4 heteroatoms. The van der Waals surface area contributed by atoms with Crippen molar-refractivity contribution in [2.45, 2.75) is 25.2 Å². The van der Waals surface area contributed by atoms with E-state index in [1.807, 2.05) is 71.6 Å². The molecule has 0 unspecified atom stereocenters. The smallest absolute Gasteiger partial charge is 0.307 e. The number of hydrogen-bond donors (Lipinski definition) is 1. The molecule has 4 nitrogen and oxygen atoms in total. The number of rotatable bonds is 4. The zero-order valence-electron chi connectivity index (χ0n) is 15.7.